The molecule has 0 fully saturated rings. The Kier molecular flexibility index (Phi) is 6.03. The van der Waals surface area contributed by atoms with Gasteiger partial charge in [0.2, 0.25) is 0 Å². The van der Waals surface area contributed by atoms with Crippen molar-refractivity contribution in [1.82, 2.24) is 20.4 Å². The number of aromatic amines is 1. The molecule has 4 heteroatoms. The molecule has 0 amide bonds. The van der Waals surface area contributed by atoms with Crippen LogP contribution in [0.4, 0.5) is 0 Å². The third-order valence-corrected chi connectivity index (χ3v) is 3.86. The van der Waals surface area contributed by atoms with Gasteiger partial charge in [0.25, 0.3) is 0 Å². The van der Waals surface area contributed by atoms with Gasteiger partial charge in [-0.3, -0.25) is 5.10 Å². The highest BCUT2D eigenvalue weighted by molar-refractivity contribution is 5.85. The molecule has 0 bridgehead atoms. The van der Waals surface area contributed by atoms with Crippen molar-refractivity contribution in [2.75, 3.05) is 0 Å². The van der Waals surface area contributed by atoms with Crippen LogP contribution >= 0.6 is 0 Å². The van der Waals surface area contributed by atoms with Crippen LogP contribution in [0.3, 0.4) is 0 Å². The van der Waals surface area contributed by atoms with Crippen LogP contribution in [-0.2, 0) is 0 Å². The van der Waals surface area contributed by atoms with Crippen molar-refractivity contribution in [3.05, 3.63) is 60.2 Å². The SMILES string of the molecule is C\C=C/C=C(\C=C/C)c1n[nH]c(C(C)CC)c1-c1ccnnc1. The quantitative estimate of drug-likeness (QED) is 0.771. The van der Waals surface area contributed by atoms with Gasteiger partial charge in [-0.05, 0) is 32.3 Å². The highest BCUT2D eigenvalue weighted by atomic mass is 15.1. The van der Waals surface area contributed by atoms with Crippen LogP contribution in [0.25, 0.3) is 16.7 Å². The maximum atomic E-state index is 4.61. The molecule has 0 saturated carbocycles. The van der Waals surface area contributed by atoms with Crippen molar-refractivity contribution in [3.8, 4) is 11.1 Å². The normalized spacial score (nSPS) is 14.0. The molecule has 1 unspecified atom stereocenters. The zero-order valence-electron chi connectivity index (χ0n) is 14.2. The highest BCUT2D eigenvalue weighted by Gasteiger charge is 2.20. The van der Waals surface area contributed by atoms with E-state index < -0.39 is 0 Å². The molecule has 4 nitrogen and oxygen atoms in total. The van der Waals surface area contributed by atoms with Gasteiger partial charge in [-0.1, -0.05) is 44.2 Å². The smallest absolute Gasteiger partial charge is 0.100 e. The number of aromatic nitrogens is 4. The average Bonchev–Trinajstić information content (AvgIpc) is 3.03. The number of hydrogen-bond donors (Lipinski definition) is 1. The lowest BCUT2D eigenvalue weighted by Gasteiger charge is -2.11. The summed E-state index contributed by atoms with van der Waals surface area (Å²) >= 11 is 0. The van der Waals surface area contributed by atoms with E-state index in [1.807, 2.05) is 38.1 Å². The second kappa shape index (κ2) is 8.22. The minimum Gasteiger partial charge on any atom is -0.281 e. The number of rotatable bonds is 6. The summed E-state index contributed by atoms with van der Waals surface area (Å²) < 4.78 is 0. The van der Waals surface area contributed by atoms with Gasteiger partial charge in [-0.2, -0.15) is 15.3 Å². The number of H-pyrrole nitrogens is 1. The predicted octanol–water partition coefficient (Wildman–Crippen LogP) is 4.92. The van der Waals surface area contributed by atoms with Gasteiger partial charge in [0, 0.05) is 22.4 Å². The molecule has 0 radical (unpaired) electrons. The first-order chi connectivity index (χ1) is 11.2. The van der Waals surface area contributed by atoms with Crippen molar-refractivity contribution in [2.45, 2.75) is 40.0 Å². The van der Waals surface area contributed by atoms with E-state index in [0.717, 1.165) is 34.5 Å². The van der Waals surface area contributed by atoms with Crippen LogP contribution in [0, 0.1) is 0 Å². The Labute approximate surface area is 138 Å². The van der Waals surface area contributed by atoms with E-state index in [4.69, 9.17) is 0 Å². The highest BCUT2D eigenvalue weighted by Crippen LogP contribution is 2.35. The van der Waals surface area contributed by atoms with E-state index in [-0.39, 0.29) is 0 Å². The van der Waals surface area contributed by atoms with Crippen molar-refractivity contribution >= 4 is 5.57 Å². The molecular weight excluding hydrogens is 284 g/mol. The van der Waals surface area contributed by atoms with E-state index in [9.17, 15) is 0 Å². The Morgan fingerprint density at radius 2 is 2.09 bits per heavy atom. The zero-order valence-corrected chi connectivity index (χ0v) is 14.2. The summed E-state index contributed by atoms with van der Waals surface area (Å²) in [7, 11) is 0. The fraction of sp³-hybridized carbons (Fsp3) is 0.316. The fourth-order valence-electron chi connectivity index (χ4n) is 2.45. The molecule has 2 aromatic rings. The summed E-state index contributed by atoms with van der Waals surface area (Å²) in [4.78, 5) is 0. The molecule has 2 aromatic heterocycles. The van der Waals surface area contributed by atoms with E-state index >= 15 is 0 Å². The Bertz CT molecular complexity index is 708. The lowest BCUT2D eigenvalue weighted by molar-refractivity contribution is 0.705. The number of nitrogens with one attached hydrogen (secondary N) is 1. The third-order valence-electron chi connectivity index (χ3n) is 3.86. The Morgan fingerprint density at radius 1 is 1.26 bits per heavy atom. The number of hydrogen-bond acceptors (Lipinski definition) is 3. The zero-order chi connectivity index (χ0) is 16.7. The molecule has 2 heterocycles. The molecule has 0 aromatic carbocycles. The maximum absolute atomic E-state index is 4.61. The van der Waals surface area contributed by atoms with Gasteiger partial charge in [-0.25, -0.2) is 0 Å². The average molecular weight is 308 g/mol. The first-order valence-electron chi connectivity index (χ1n) is 8.04. The topological polar surface area (TPSA) is 54.5 Å². The molecule has 1 N–H and O–H groups in total. The summed E-state index contributed by atoms with van der Waals surface area (Å²) in [6, 6.07) is 1.98. The third kappa shape index (κ3) is 3.83. The van der Waals surface area contributed by atoms with Crippen LogP contribution in [-0.4, -0.2) is 20.4 Å². The Balaban J connectivity index is 2.67. The summed E-state index contributed by atoms with van der Waals surface area (Å²) in [5, 5.41) is 15.8. The van der Waals surface area contributed by atoms with Crippen molar-refractivity contribution in [1.29, 1.82) is 0 Å². The molecule has 120 valence electrons. The first kappa shape index (κ1) is 16.9. The van der Waals surface area contributed by atoms with Gasteiger partial charge in [0.05, 0.1) is 12.4 Å². The van der Waals surface area contributed by atoms with Crippen LogP contribution in [0.5, 0.6) is 0 Å². The lowest BCUT2D eigenvalue weighted by Crippen LogP contribution is -1.96. The lowest BCUT2D eigenvalue weighted by atomic mass is 9.93. The molecule has 23 heavy (non-hydrogen) atoms. The summed E-state index contributed by atoms with van der Waals surface area (Å²) in [5.41, 5.74) is 5.32. The molecule has 0 aliphatic heterocycles. The first-order valence-corrected chi connectivity index (χ1v) is 8.04. The van der Waals surface area contributed by atoms with Crippen LogP contribution in [0.2, 0.25) is 0 Å². The Hall–Kier alpha value is -2.49. The van der Waals surface area contributed by atoms with E-state index in [0.29, 0.717) is 5.92 Å². The monoisotopic (exact) mass is 308 g/mol. The minimum atomic E-state index is 0.396. The summed E-state index contributed by atoms with van der Waals surface area (Å²) in [6.45, 7) is 8.41. The molecule has 1 atom stereocenters. The molecule has 0 spiro atoms. The van der Waals surface area contributed by atoms with Crippen molar-refractivity contribution in [2.24, 2.45) is 0 Å². The predicted molar refractivity (Wildman–Crippen MR) is 95.9 cm³/mol. The van der Waals surface area contributed by atoms with Crippen LogP contribution < -0.4 is 0 Å². The van der Waals surface area contributed by atoms with E-state index in [1.54, 1.807) is 12.4 Å². The molecular formula is C19H24N4. The van der Waals surface area contributed by atoms with Crippen LogP contribution in [0.1, 0.15) is 51.4 Å². The van der Waals surface area contributed by atoms with Crippen LogP contribution in [0.15, 0.2) is 48.8 Å². The van der Waals surface area contributed by atoms with Gasteiger partial charge in [-0.15, -0.1) is 0 Å². The largest absolute Gasteiger partial charge is 0.281 e. The summed E-state index contributed by atoms with van der Waals surface area (Å²) in [5.74, 6) is 0.396. The Morgan fingerprint density at radius 3 is 2.70 bits per heavy atom. The molecule has 0 aliphatic rings. The number of nitrogens with zero attached hydrogens (tertiary/aromatic N) is 3. The minimum absolute atomic E-state index is 0.396. The van der Waals surface area contributed by atoms with E-state index in [1.165, 1.54) is 0 Å². The maximum Gasteiger partial charge on any atom is 0.100 e. The fourth-order valence-corrected chi connectivity index (χ4v) is 2.45. The van der Waals surface area contributed by atoms with Gasteiger partial charge < -0.3 is 0 Å². The van der Waals surface area contributed by atoms with Crippen molar-refractivity contribution < 1.29 is 0 Å². The van der Waals surface area contributed by atoms with Gasteiger partial charge in [0.1, 0.15) is 5.69 Å². The number of allylic oxidation sites excluding steroid dienone is 6. The standard InChI is InChI=1S/C19H24N4/c1-5-8-10-15(9-6-2)19-17(16-11-12-20-21-13-16)18(22-23-19)14(4)7-3/h5-6,8-14H,7H2,1-4H3,(H,22,23)/b8-5-,9-6-,15-10+. The van der Waals surface area contributed by atoms with Crippen molar-refractivity contribution in [3.63, 3.8) is 0 Å². The van der Waals surface area contributed by atoms with Gasteiger partial charge in [0.15, 0.2) is 0 Å². The molecule has 0 saturated heterocycles. The van der Waals surface area contributed by atoms with E-state index in [2.05, 4.69) is 46.4 Å². The molecule has 0 aliphatic carbocycles. The van der Waals surface area contributed by atoms with Gasteiger partial charge >= 0.3 is 0 Å². The second-order valence-corrected chi connectivity index (χ2v) is 5.45. The molecule has 2 rings (SSSR count). The second-order valence-electron chi connectivity index (χ2n) is 5.45. The summed E-state index contributed by atoms with van der Waals surface area (Å²) in [6.07, 6.45) is 14.8.